The van der Waals surface area contributed by atoms with E-state index in [1.807, 2.05) is 11.0 Å². The van der Waals surface area contributed by atoms with Crippen molar-refractivity contribution < 1.29 is 9.90 Å². The fourth-order valence-electron chi connectivity index (χ4n) is 3.59. The van der Waals surface area contributed by atoms with Crippen LogP contribution in [0.1, 0.15) is 25.7 Å². The number of aliphatic hydroxyl groups excluding tert-OH is 1. The van der Waals surface area contributed by atoms with Gasteiger partial charge in [-0.2, -0.15) is 0 Å². The average molecular weight is 290 g/mol. The lowest BCUT2D eigenvalue weighted by atomic mass is 9.73. The van der Waals surface area contributed by atoms with Gasteiger partial charge >= 0.3 is 0 Å². The number of piperidine rings is 2. The van der Waals surface area contributed by atoms with Crippen LogP contribution in [-0.4, -0.2) is 58.7 Å². The molecule has 1 aromatic rings. The second kappa shape index (κ2) is 5.97. The van der Waals surface area contributed by atoms with Crippen molar-refractivity contribution >= 4 is 11.9 Å². The van der Waals surface area contributed by atoms with Gasteiger partial charge in [0.05, 0.1) is 6.61 Å². The smallest absolute Gasteiger partial charge is 0.225 e. The Balaban J connectivity index is 1.74. The lowest BCUT2D eigenvalue weighted by Gasteiger charge is -2.48. The molecule has 1 N–H and O–H groups in total. The van der Waals surface area contributed by atoms with E-state index in [1.165, 1.54) is 0 Å². The maximum absolute atomic E-state index is 11.9. The standard InChI is InChI=1S/C15H22N4O2/c20-10-9-18-11-15(5-3-13(18)21)4-1-8-19(12-15)14-16-6-2-7-17-14/h2,6-7,20H,1,3-5,8-12H2. The van der Waals surface area contributed by atoms with E-state index in [-0.39, 0.29) is 17.9 Å². The lowest BCUT2D eigenvalue weighted by molar-refractivity contribution is -0.138. The molecule has 2 aliphatic heterocycles. The fourth-order valence-corrected chi connectivity index (χ4v) is 3.59. The van der Waals surface area contributed by atoms with Gasteiger partial charge in [-0.1, -0.05) is 0 Å². The molecule has 0 aliphatic carbocycles. The van der Waals surface area contributed by atoms with Crippen molar-refractivity contribution in [2.45, 2.75) is 25.7 Å². The zero-order valence-electron chi connectivity index (χ0n) is 12.2. The molecule has 1 unspecified atom stereocenters. The van der Waals surface area contributed by atoms with Crippen LogP contribution in [-0.2, 0) is 4.79 Å². The van der Waals surface area contributed by atoms with E-state index in [0.29, 0.717) is 13.0 Å². The quantitative estimate of drug-likeness (QED) is 0.886. The highest BCUT2D eigenvalue weighted by Gasteiger charge is 2.42. The minimum atomic E-state index is 0.0351. The summed E-state index contributed by atoms with van der Waals surface area (Å²) in [6.45, 7) is 3.09. The maximum Gasteiger partial charge on any atom is 0.225 e. The van der Waals surface area contributed by atoms with Gasteiger partial charge < -0.3 is 14.9 Å². The number of hydrogen-bond acceptors (Lipinski definition) is 5. The van der Waals surface area contributed by atoms with Crippen LogP contribution in [0.4, 0.5) is 5.95 Å². The van der Waals surface area contributed by atoms with Crippen LogP contribution in [0.2, 0.25) is 0 Å². The molecule has 3 rings (SSSR count). The van der Waals surface area contributed by atoms with Crippen LogP contribution < -0.4 is 4.90 Å². The van der Waals surface area contributed by atoms with Gasteiger partial charge in [-0.15, -0.1) is 0 Å². The third-order valence-electron chi connectivity index (χ3n) is 4.61. The van der Waals surface area contributed by atoms with Crippen molar-refractivity contribution in [1.82, 2.24) is 14.9 Å². The van der Waals surface area contributed by atoms with E-state index in [0.717, 1.165) is 44.8 Å². The highest BCUT2D eigenvalue weighted by atomic mass is 16.3. The molecular weight excluding hydrogens is 268 g/mol. The number of nitrogens with zero attached hydrogens (tertiary/aromatic N) is 4. The molecule has 1 amide bonds. The third kappa shape index (κ3) is 3.00. The minimum absolute atomic E-state index is 0.0351. The van der Waals surface area contributed by atoms with Crippen molar-refractivity contribution in [3.05, 3.63) is 18.5 Å². The van der Waals surface area contributed by atoms with Crippen LogP contribution >= 0.6 is 0 Å². The third-order valence-corrected chi connectivity index (χ3v) is 4.61. The molecule has 6 nitrogen and oxygen atoms in total. The molecule has 21 heavy (non-hydrogen) atoms. The molecule has 1 atom stereocenters. The molecule has 3 heterocycles. The van der Waals surface area contributed by atoms with Crippen molar-refractivity contribution in [3.63, 3.8) is 0 Å². The van der Waals surface area contributed by atoms with Crippen molar-refractivity contribution in [2.75, 3.05) is 37.7 Å². The van der Waals surface area contributed by atoms with Gasteiger partial charge in [-0.25, -0.2) is 9.97 Å². The number of aliphatic hydroxyl groups is 1. The summed E-state index contributed by atoms with van der Waals surface area (Å²) >= 11 is 0. The van der Waals surface area contributed by atoms with Crippen LogP contribution in [0.25, 0.3) is 0 Å². The van der Waals surface area contributed by atoms with Crippen LogP contribution in [0.5, 0.6) is 0 Å². The fraction of sp³-hybridized carbons (Fsp3) is 0.667. The van der Waals surface area contributed by atoms with Gasteiger partial charge in [0.1, 0.15) is 0 Å². The van der Waals surface area contributed by atoms with Crippen LogP contribution in [0, 0.1) is 5.41 Å². The number of hydrogen-bond donors (Lipinski definition) is 1. The first-order valence-electron chi connectivity index (χ1n) is 7.63. The average Bonchev–Trinajstić information content (AvgIpc) is 2.53. The molecule has 6 heteroatoms. The Morgan fingerprint density at radius 2 is 2.05 bits per heavy atom. The summed E-state index contributed by atoms with van der Waals surface area (Å²) < 4.78 is 0. The van der Waals surface area contributed by atoms with Gasteiger partial charge in [0.2, 0.25) is 11.9 Å². The molecular formula is C15H22N4O2. The Morgan fingerprint density at radius 1 is 1.24 bits per heavy atom. The summed E-state index contributed by atoms with van der Waals surface area (Å²) in [6, 6.07) is 1.82. The normalized spacial score (nSPS) is 26.4. The lowest BCUT2D eigenvalue weighted by Crippen LogP contribution is -2.54. The molecule has 2 fully saturated rings. The summed E-state index contributed by atoms with van der Waals surface area (Å²) in [5.41, 5.74) is 0.126. The summed E-state index contributed by atoms with van der Waals surface area (Å²) in [7, 11) is 0. The summed E-state index contributed by atoms with van der Waals surface area (Å²) in [5.74, 6) is 0.949. The number of β-amino-alcohol motifs (C(OH)–C–C–N with tert-alkyl or cyclic N) is 1. The second-order valence-corrected chi connectivity index (χ2v) is 6.11. The molecule has 0 radical (unpaired) electrons. The number of aromatic nitrogens is 2. The van der Waals surface area contributed by atoms with Gasteiger partial charge in [0, 0.05) is 50.4 Å². The monoisotopic (exact) mass is 290 g/mol. The Hall–Kier alpha value is -1.69. The minimum Gasteiger partial charge on any atom is -0.395 e. The number of rotatable bonds is 3. The number of likely N-dealkylation sites (tertiary alicyclic amines) is 1. The van der Waals surface area contributed by atoms with Crippen molar-refractivity contribution in [2.24, 2.45) is 5.41 Å². The van der Waals surface area contributed by atoms with Gasteiger partial charge in [-0.3, -0.25) is 4.79 Å². The summed E-state index contributed by atoms with van der Waals surface area (Å²) in [5, 5.41) is 9.13. The highest BCUT2D eigenvalue weighted by molar-refractivity contribution is 5.77. The van der Waals surface area contributed by atoms with Gasteiger partial charge in [0.15, 0.2) is 0 Å². The Morgan fingerprint density at radius 3 is 2.81 bits per heavy atom. The van der Waals surface area contributed by atoms with E-state index in [4.69, 9.17) is 5.11 Å². The maximum atomic E-state index is 11.9. The highest BCUT2D eigenvalue weighted by Crippen LogP contribution is 2.39. The Kier molecular flexibility index (Phi) is 4.05. The van der Waals surface area contributed by atoms with E-state index >= 15 is 0 Å². The first kappa shape index (κ1) is 14.3. The topological polar surface area (TPSA) is 69.6 Å². The number of anilines is 1. The SMILES string of the molecule is O=C1CCC2(CCCN(c3ncccn3)C2)CN1CCO. The Labute approximate surface area is 124 Å². The molecule has 0 aromatic carbocycles. The number of carbonyl (C=O) groups excluding carboxylic acids is 1. The zero-order chi connectivity index (χ0) is 14.7. The van der Waals surface area contributed by atoms with E-state index in [9.17, 15) is 4.79 Å². The predicted octanol–water partition coefficient (Wildman–Crippen LogP) is 0.678. The van der Waals surface area contributed by atoms with Crippen LogP contribution in [0.15, 0.2) is 18.5 Å². The summed E-state index contributed by atoms with van der Waals surface area (Å²) in [6.07, 6.45) is 7.28. The number of amides is 1. The molecule has 1 spiro atoms. The Bertz CT molecular complexity index is 496. The first-order chi connectivity index (χ1) is 10.2. The van der Waals surface area contributed by atoms with Crippen LogP contribution in [0.3, 0.4) is 0 Å². The van der Waals surface area contributed by atoms with E-state index < -0.39 is 0 Å². The van der Waals surface area contributed by atoms with E-state index in [2.05, 4.69) is 14.9 Å². The molecule has 0 saturated carbocycles. The zero-order valence-corrected chi connectivity index (χ0v) is 12.2. The summed E-state index contributed by atoms with van der Waals surface area (Å²) in [4.78, 5) is 24.7. The molecule has 1 aromatic heterocycles. The first-order valence-corrected chi connectivity index (χ1v) is 7.63. The second-order valence-electron chi connectivity index (χ2n) is 6.11. The molecule has 114 valence electrons. The van der Waals surface area contributed by atoms with Gasteiger partial charge in [-0.05, 0) is 25.3 Å². The number of carbonyl (C=O) groups is 1. The molecule has 2 saturated heterocycles. The van der Waals surface area contributed by atoms with Gasteiger partial charge in [0.25, 0.3) is 0 Å². The van der Waals surface area contributed by atoms with E-state index in [1.54, 1.807) is 12.4 Å². The molecule has 2 aliphatic rings. The largest absolute Gasteiger partial charge is 0.395 e. The van der Waals surface area contributed by atoms with Crippen molar-refractivity contribution in [3.8, 4) is 0 Å². The molecule has 0 bridgehead atoms. The van der Waals surface area contributed by atoms with Crippen molar-refractivity contribution in [1.29, 1.82) is 0 Å². The predicted molar refractivity (Wildman–Crippen MR) is 78.8 cm³/mol.